The average Bonchev–Trinajstić information content (AvgIpc) is 3.04. The molecule has 0 saturated carbocycles. The van der Waals surface area contributed by atoms with Crippen molar-refractivity contribution in [2.45, 2.75) is 258 Å². The van der Waals surface area contributed by atoms with Crippen LogP contribution < -0.4 is 0 Å². The summed E-state index contributed by atoms with van der Waals surface area (Å²) in [4.78, 5) is 6.12. The van der Waals surface area contributed by atoms with E-state index in [4.69, 9.17) is 14.3 Å². The van der Waals surface area contributed by atoms with Gasteiger partial charge >= 0.3 is 0 Å². The summed E-state index contributed by atoms with van der Waals surface area (Å²) in [6, 6.07) is 0. The second-order valence-corrected chi connectivity index (χ2v) is 15.9. The zero-order chi connectivity index (χ0) is 34.7. The molecule has 0 aliphatic carbocycles. The van der Waals surface area contributed by atoms with Crippen molar-refractivity contribution in [1.82, 2.24) is 0 Å². The minimum absolute atomic E-state index is 0.138. The highest BCUT2D eigenvalue weighted by Gasteiger charge is 2.21. The molecule has 282 valence electrons. The van der Waals surface area contributed by atoms with Crippen molar-refractivity contribution >= 4 is 6.21 Å². The highest BCUT2D eigenvalue weighted by atomic mass is 16.6. The molecule has 4 heteroatoms. The topological polar surface area (TPSA) is 40.0 Å². The van der Waals surface area contributed by atoms with Crippen molar-refractivity contribution in [1.29, 1.82) is 0 Å². The summed E-state index contributed by atoms with van der Waals surface area (Å²) in [6.45, 7) is 13.9. The second-order valence-electron chi connectivity index (χ2n) is 15.9. The standard InChI is InChI=1S/C43H87NO3/c1-8-10-12-14-16-18-20-22-24-26-28-30-32-35-41(36-33-31-29-27-25-23-21-19-17-15-13-11-9-2)47-44-39-34-37-43(5,6)46-40-38-42(3,4)45-7/h39,41H,8-38,40H2,1-7H3. The van der Waals surface area contributed by atoms with Crippen LogP contribution in [0, 0.1) is 0 Å². The summed E-state index contributed by atoms with van der Waals surface area (Å²) in [5.41, 5.74) is -0.306. The number of hydrogen-bond donors (Lipinski definition) is 0. The number of rotatable bonds is 38. The maximum atomic E-state index is 6.17. The fraction of sp³-hybridized carbons (Fsp3) is 0.977. The summed E-state index contributed by atoms with van der Waals surface area (Å²) in [6.07, 6.45) is 43.7. The summed E-state index contributed by atoms with van der Waals surface area (Å²) < 4.78 is 11.7. The lowest BCUT2D eigenvalue weighted by Gasteiger charge is -2.28. The van der Waals surface area contributed by atoms with Gasteiger partial charge < -0.3 is 14.3 Å². The Bertz CT molecular complexity index is 617. The highest BCUT2D eigenvalue weighted by Crippen LogP contribution is 2.21. The lowest BCUT2D eigenvalue weighted by Crippen LogP contribution is -2.30. The molecule has 0 unspecified atom stereocenters. The third-order valence-electron chi connectivity index (χ3n) is 10.2. The van der Waals surface area contributed by atoms with E-state index in [-0.39, 0.29) is 17.3 Å². The molecule has 0 radical (unpaired) electrons. The molecule has 0 heterocycles. The Labute approximate surface area is 296 Å². The van der Waals surface area contributed by atoms with Gasteiger partial charge in [-0.1, -0.05) is 173 Å². The molecule has 47 heavy (non-hydrogen) atoms. The minimum Gasteiger partial charge on any atom is -0.393 e. The smallest absolute Gasteiger partial charge is 0.127 e. The van der Waals surface area contributed by atoms with E-state index >= 15 is 0 Å². The molecule has 0 aromatic carbocycles. The SMILES string of the molecule is CCCCCCCCCCCCCCCC(CCCCCCCCCCCCCCC)ON=CCCC(C)(C)OCCC(C)(C)OC. The Kier molecular flexibility index (Phi) is 33.4. The van der Waals surface area contributed by atoms with Gasteiger partial charge in [0.05, 0.1) is 17.8 Å². The Morgan fingerprint density at radius 2 is 0.851 bits per heavy atom. The lowest BCUT2D eigenvalue weighted by atomic mass is 10.0. The van der Waals surface area contributed by atoms with Crippen molar-refractivity contribution in [3.8, 4) is 0 Å². The first-order chi connectivity index (χ1) is 22.8. The van der Waals surface area contributed by atoms with Gasteiger partial charge in [0.2, 0.25) is 0 Å². The first-order valence-corrected chi connectivity index (χ1v) is 21.1. The Balaban J connectivity index is 4.25. The molecule has 0 aromatic heterocycles. The number of hydrogen-bond acceptors (Lipinski definition) is 4. The van der Waals surface area contributed by atoms with E-state index in [1.54, 1.807) is 7.11 Å². The summed E-state index contributed by atoms with van der Waals surface area (Å²) in [7, 11) is 1.77. The van der Waals surface area contributed by atoms with Crippen molar-refractivity contribution in [2.24, 2.45) is 5.16 Å². The van der Waals surface area contributed by atoms with Gasteiger partial charge in [0.1, 0.15) is 6.10 Å². The first-order valence-electron chi connectivity index (χ1n) is 21.1. The summed E-state index contributed by atoms with van der Waals surface area (Å²) in [5, 5.41) is 4.47. The number of ether oxygens (including phenoxy) is 2. The van der Waals surface area contributed by atoms with Crippen LogP contribution in [0.15, 0.2) is 5.16 Å². The Morgan fingerprint density at radius 3 is 1.21 bits per heavy atom. The van der Waals surface area contributed by atoms with E-state index in [0.717, 1.165) is 32.1 Å². The predicted molar refractivity (Wildman–Crippen MR) is 209 cm³/mol. The Hall–Kier alpha value is -0.610. The molecule has 0 N–H and O–H groups in total. The molecular formula is C43H87NO3. The van der Waals surface area contributed by atoms with Crippen LogP contribution in [-0.2, 0) is 14.3 Å². The molecule has 4 nitrogen and oxygen atoms in total. The molecule has 0 saturated heterocycles. The quantitative estimate of drug-likeness (QED) is 0.0374. The van der Waals surface area contributed by atoms with Gasteiger partial charge in [-0.05, 0) is 72.6 Å². The molecule has 0 bridgehead atoms. The van der Waals surface area contributed by atoms with E-state index in [0.29, 0.717) is 6.61 Å². The van der Waals surface area contributed by atoms with Crippen molar-refractivity contribution in [3.05, 3.63) is 0 Å². The van der Waals surface area contributed by atoms with Crippen LogP contribution in [0.1, 0.15) is 241 Å². The van der Waals surface area contributed by atoms with Gasteiger partial charge in [-0.15, -0.1) is 0 Å². The highest BCUT2D eigenvalue weighted by molar-refractivity contribution is 5.56. The largest absolute Gasteiger partial charge is 0.393 e. The molecule has 0 aliphatic heterocycles. The monoisotopic (exact) mass is 666 g/mol. The molecule has 0 aliphatic rings. The van der Waals surface area contributed by atoms with E-state index in [1.807, 2.05) is 6.21 Å². The fourth-order valence-electron chi connectivity index (χ4n) is 6.37. The van der Waals surface area contributed by atoms with Crippen LogP contribution in [0.2, 0.25) is 0 Å². The minimum atomic E-state index is -0.168. The van der Waals surface area contributed by atoms with Crippen LogP contribution in [0.3, 0.4) is 0 Å². The van der Waals surface area contributed by atoms with Crippen LogP contribution in [0.4, 0.5) is 0 Å². The summed E-state index contributed by atoms with van der Waals surface area (Å²) in [5.74, 6) is 0. The maximum absolute atomic E-state index is 6.17. The van der Waals surface area contributed by atoms with E-state index in [1.165, 1.54) is 167 Å². The molecule has 0 aromatic rings. The van der Waals surface area contributed by atoms with Crippen LogP contribution >= 0.6 is 0 Å². The number of oxime groups is 1. The first kappa shape index (κ1) is 46.4. The van der Waals surface area contributed by atoms with E-state index < -0.39 is 0 Å². The van der Waals surface area contributed by atoms with Gasteiger partial charge in [-0.25, -0.2) is 0 Å². The van der Waals surface area contributed by atoms with Crippen molar-refractivity contribution in [2.75, 3.05) is 13.7 Å². The molecule has 0 spiro atoms. The summed E-state index contributed by atoms with van der Waals surface area (Å²) >= 11 is 0. The van der Waals surface area contributed by atoms with E-state index in [2.05, 4.69) is 46.7 Å². The normalized spacial score (nSPS) is 12.6. The fourth-order valence-corrected chi connectivity index (χ4v) is 6.37. The maximum Gasteiger partial charge on any atom is 0.127 e. The number of methoxy groups -OCH3 is 1. The molecular weight excluding hydrogens is 578 g/mol. The zero-order valence-corrected chi connectivity index (χ0v) is 33.5. The van der Waals surface area contributed by atoms with Crippen LogP contribution in [0.5, 0.6) is 0 Å². The van der Waals surface area contributed by atoms with Gasteiger partial charge in [-0.3, -0.25) is 0 Å². The second kappa shape index (κ2) is 33.9. The lowest BCUT2D eigenvalue weighted by molar-refractivity contribution is -0.0602. The Morgan fingerprint density at radius 1 is 0.489 bits per heavy atom. The van der Waals surface area contributed by atoms with Gasteiger partial charge in [-0.2, -0.15) is 0 Å². The number of nitrogens with zero attached hydrogens (tertiary/aromatic N) is 1. The molecule has 0 fully saturated rings. The molecule has 0 amide bonds. The van der Waals surface area contributed by atoms with Gasteiger partial charge in [0, 0.05) is 13.3 Å². The van der Waals surface area contributed by atoms with Crippen LogP contribution in [0.25, 0.3) is 0 Å². The molecule has 0 atom stereocenters. The zero-order valence-electron chi connectivity index (χ0n) is 33.5. The third-order valence-corrected chi connectivity index (χ3v) is 10.2. The van der Waals surface area contributed by atoms with Crippen LogP contribution in [-0.4, -0.2) is 37.2 Å². The predicted octanol–water partition coefficient (Wildman–Crippen LogP) is 14.7. The van der Waals surface area contributed by atoms with E-state index in [9.17, 15) is 0 Å². The van der Waals surface area contributed by atoms with Crippen molar-refractivity contribution < 1.29 is 14.3 Å². The van der Waals surface area contributed by atoms with Gasteiger partial charge in [0.25, 0.3) is 0 Å². The van der Waals surface area contributed by atoms with Crippen molar-refractivity contribution in [3.63, 3.8) is 0 Å². The average molecular weight is 666 g/mol. The third kappa shape index (κ3) is 35.0. The molecule has 0 rings (SSSR count). The van der Waals surface area contributed by atoms with Gasteiger partial charge in [0.15, 0.2) is 0 Å². The number of unbranched alkanes of at least 4 members (excludes halogenated alkanes) is 24.